The quantitative estimate of drug-likeness (QED) is 0.807. The van der Waals surface area contributed by atoms with E-state index >= 15 is 0 Å². The number of rotatable bonds is 4. The minimum atomic E-state index is -4.61. The lowest BCUT2D eigenvalue weighted by Gasteiger charge is -2.11. The van der Waals surface area contributed by atoms with Gasteiger partial charge >= 0.3 is 6.18 Å². The van der Waals surface area contributed by atoms with Crippen LogP contribution in [0.5, 0.6) is 5.75 Å². The highest BCUT2D eigenvalue weighted by atomic mass is 19.4. The summed E-state index contributed by atoms with van der Waals surface area (Å²) in [6.45, 7) is 2.18. The Bertz CT molecular complexity index is 653. The molecule has 0 spiro atoms. The molecule has 21 heavy (non-hydrogen) atoms. The monoisotopic (exact) mass is 295 g/mol. The van der Waals surface area contributed by atoms with Gasteiger partial charge in [0.1, 0.15) is 5.75 Å². The fraction of sp³-hybridized carbons (Fsp3) is 0.200. The first-order chi connectivity index (χ1) is 9.93. The topological polar surface area (TPSA) is 39.2 Å². The molecule has 110 valence electrons. The van der Waals surface area contributed by atoms with Crippen LogP contribution in [0.3, 0.4) is 0 Å². The summed E-state index contributed by atoms with van der Waals surface area (Å²) in [6, 6.07) is 6.84. The van der Waals surface area contributed by atoms with Crippen molar-refractivity contribution >= 4 is 5.78 Å². The smallest absolute Gasteiger partial charge is 0.417 e. The predicted octanol–water partition coefficient (Wildman–Crippen LogP) is 3.73. The summed E-state index contributed by atoms with van der Waals surface area (Å²) in [4.78, 5) is 15.9. The molecule has 0 aliphatic carbocycles. The average Bonchev–Trinajstić information content (AvgIpc) is 2.46. The Morgan fingerprint density at radius 3 is 2.71 bits per heavy atom. The van der Waals surface area contributed by atoms with Crippen LogP contribution in [0.4, 0.5) is 13.2 Å². The zero-order valence-corrected chi connectivity index (χ0v) is 11.1. The van der Waals surface area contributed by atoms with Crippen LogP contribution in [0.25, 0.3) is 0 Å². The molecule has 0 N–H and O–H groups in total. The van der Waals surface area contributed by atoms with Crippen molar-refractivity contribution in [1.29, 1.82) is 0 Å². The molecule has 1 heterocycles. The largest absolute Gasteiger partial charge is 0.494 e. The van der Waals surface area contributed by atoms with Crippen LogP contribution < -0.4 is 4.74 Å². The third-order valence-corrected chi connectivity index (χ3v) is 2.78. The SMILES string of the molecule is CCOc1cccc(C(=O)c2cnccc2C(F)(F)F)c1. The number of hydrogen-bond donors (Lipinski definition) is 0. The van der Waals surface area contributed by atoms with Gasteiger partial charge in [-0.2, -0.15) is 13.2 Å². The second-order valence-corrected chi connectivity index (χ2v) is 4.21. The normalized spacial score (nSPS) is 11.2. The van der Waals surface area contributed by atoms with Crippen molar-refractivity contribution in [3.8, 4) is 5.75 Å². The number of alkyl halides is 3. The lowest BCUT2D eigenvalue weighted by Crippen LogP contribution is -2.14. The molecule has 3 nitrogen and oxygen atoms in total. The summed E-state index contributed by atoms with van der Waals surface area (Å²) in [6.07, 6.45) is -2.67. The molecule has 6 heteroatoms. The van der Waals surface area contributed by atoms with E-state index in [4.69, 9.17) is 4.74 Å². The highest BCUT2D eigenvalue weighted by Crippen LogP contribution is 2.32. The lowest BCUT2D eigenvalue weighted by molar-refractivity contribution is -0.137. The van der Waals surface area contributed by atoms with E-state index in [1.165, 1.54) is 12.1 Å². The van der Waals surface area contributed by atoms with Gasteiger partial charge in [-0.3, -0.25) is 9.78 Å². The molecule has 0 bridgehead atoms. The summed E-state index contributed by atoms with van der Waals surface area (Å²) in [5.74, 6) is -0.308. The minimum Gasteiger partial charge on any atom is -0.494 e. The van der Waals surface area contributed by atoms with Gasteiger partial charge in [0.2, 0.25) is 0 Å². The number of aromatic nitrogens is 1. The summed E-state index contributed by atoms with van der Waals surface area (Å²) in [5.41, 5.74) is -1.34. The molecular formula is C15H12F3NO2. The van der Waals surface area contributed by atoms with Gasteiger partial charge in [0.15, 0.2) is 5.78 Å². The van der Waals surface area contributed by atoms with Crippen molar-refractivity contribution in [1.82, 2.24) is 4.98 Å². The Morgan fingerprint density at radius 2 is 2.05 bits per heavy atom. The molecule has 1 aromatic heterocycles. The Labute approximate surface area is 119 Å². The highest BCUT2D eigenvalue weighted by Gasteiger charge is 2.35. The fourth-order valence-corrected chi connectivity index (χ4v) is 1.87. The lowest BCUT2D eigenvalue weighted by atomic mass is 10.00. The predicted molar refractivity (Wildman–Crippen MR) is 70.3 cm³/mol. The van der Waals surface area contributed by atoms with Crippen LogP contribution in [0.1, 0.15) is 28.4 Å². The van der Waals surface area contributed by atoms with E-state index in [2.05, 4.69) is 4.98 Å². The first kappa shape index (κ1) is 15.0. The van der Waals surface area contributed by atoms with E-state index in [-0.39, 0.29) is 5.56 Å². The Kier molecular flexibility index (Phi) is 4.26. The summed E-state index contributed by atoms with van der Waals surface area (Å²) < 4.78 is 44.0. The minimum absolute atomic E-state index is 0.124. The molecule has 0 atom stereocenters. The third kappa shape index (κ3) is 3.39. The first-order valence-electron chi connectivity index (χ1n) is 6.22. The molecular weight excluding hydrogens is 283 g/mol. The number of benzene rings is 1. The highest BCUT2D eigenvalue weighted by molar-refractivity contribution is 6.10. The number of carbonyl (C=O) groups is 1. The van der Waals surface area contributed by atoms with Crippen LogP contribution in [-0.4, -0.2) is 17.4 Å². The number of hydrogen-bond acceptors (Lipinski definition) is 3. The van der Waals surface area contributed by atoms with Gasteiger partial charge in [0.25, 0.3) is 0 Å². The maximum absolute atomic E-state index is 12.9. The molecule has 0 amide bonds. The van der Waals surface area contributed by atoms with Gasteiger partial charge in [0, 0.05) is 18.0 Å². The van der Waals surface area contributed by atoms with Crippen molar-refractivity contribution in [2.75, 3.05) is 6.61 Å². The Balaban J connectivity index is 2.43. The molecule has 0 radical (unpaired) electrons. The molecule has 0 saturated carbocycles. The van der Waals surface area contributed by atoms with E-state index in [1.54, 1.807) is 19.1 Å². The second-order valence-electron chi connectivity index (χ2n) is 4.21. The van der Waals surface area contributed by atoms with Crippen molar-refractivity contribution < 1.29 is 22.7 Å². The van der Waals surface area contributed by atoms with Crippen molar-refractivity contribution in [2.24, 2.45) is 0 Å². The van der Waals surface area contributed by atoms with Gasteiger partial charge in [-0.15, -0.1) is 0 Å². The number of ether oxygens (including phenoxy) is 1. The van der Waals surface area contributed by atoms with Crippen LogP contribution >= 0.6 is 0 Å². The summed E-state index contributed by atoms with van der Waals surface area (Å²) in [7, 11) is 0. The van der Waals surface area contributed by atoms with Crippen LogP contribution in [-0.2, 0) is 6.18 Å². The molecule has 2 rings (SSSR count). The Hall–Kier alpha value is -2.37. The van der Waals surface area contributed by atoms with Crippen LogP contribution in [0.2, 0.25) is 0 Å². The van der Waals surface area contributed by atoms with Gasteiger partial charge in [0.05, 0.1) is 17.7 Å². The van der Waals surface area contributed by atoms with Gasteiger partial charge < -0.3 is 4.74 Å². The van der Waals surface area contributed by atoms with Crippen molar-refractivity contribution in [3.63, 3.8) is 0 Å². The molecule has 0 fully saturated rings. The van der Waals surface area contributed by atoms with Crippen molar-refractivity contribution in [3.05, 3.63) is 59.4 Å². The maximum Gasteiger partial charge on any atom is 0.417 e. The number of nitrogens with zero attached hydrogens (tertiary/aromatic N) is 1. The van der Waals surface area contributed by atoms with Crippen LogP contribution in [0.15, 0.2) is 42.7 Å². The van der Waals surface area contributed by atoms with E-state index in [1.807, 2.05) is 0 Å². The van der Waals surface area contributed by atoms with E-state index in [0.29, 0.717) is 12.4 Å². The van der Waals surface area contributed by atoms with Gasteiger partial charge in [-0.05, 0) is 25.1 Å². The number of pyridine rings is 1. The summed E-state index contributed by atoms with van der Waals surface area (Å²) in [5, 5.41) is 0. The molecule has 0 unspecified atom stereocenters. The fourth-order valence-electron chi connectivity index (χ4n) is 1.87. The third-order valence-electron chi connectivity index (χ3n) is 2.78. The van der Waals surface area contributed by atoms with E-state index < -0.39 is 23.1 Å². The number of ketones is 1. The molecule has 2 aromatic rings. The molecule has 0 aliphatic rings. The Morgan fingerprint density at radius 1 is 1.29 bits per heavy atom. The standard InChI is InChI=1S/C15H12F3NO2/c1-2-21-11-5-3-4-10(8-11)14(20)12-9-19-7-6-13(12)15(16,17)18/h3-9H,2H2,1H3. The van der Waals surface area contributed by atoms with Gasteiger partial charge in [-0.25, -0.2) is 0 Å². The average molecular weight is 295 g/mol. The van der Waals surface area contributed by atoms with Gasteiger partial charge in [-0.1, -0.05) is 12.1 Å². The number of halogens is 3. The first-order valence-corrected chi connectivity index (χ1v) is 6.22. The van der Waals surface area contributed by atoms with Crippen molar-refractivity contribution in [2.45, 2.75) is 13.1 Å². The second kappa shape index (κ2) is 5.95. The zero-order chi connectivity index (χ0) is 15.5. The van der Waals surface area contributed by atoms with E-state index in [9.17, 15) is 18.0 Å². The maximum atomic E-state index is 12.9. The molecule has 1 aromatic carbocycles. The van der Waals surface area contributed by atoms with E-state index in [0.717, 1.165) is 18.5 Å². The zero-order valence-electron chi connectivity index (χ0n) is 11.1. The molecule has 0 saturated heterocycles. The van der Waals surface area contributed by atoms with Crippen LogP contribution in [0, 0.1) is 0 Å². The number of carbonyl (C=O) groups excluding carboxylic acids is 1. The summed E-state index contributed by atoms with van der Waals surface area (Å²) >= 11 is 0. The molecule has 0 aliphatic heterocycles.